The van der Waals surface area contributed by atoms with Crippen molar-refractivity contribution in [2.45, 2.75) is 25.9 Å². The second kappa shape index (κ2) is 5.15. The summed E-state index contributed by atoms with van der Waals surface area (Å²) in [5, 5.41) is 8.82. The predicted octanol–water partition coefficient (Wildman–Crippen LogP) is 2.62. The van der Waals surface area contributed by atoms with Gasteiger partial charge in [-0.05, 0) is 32.1 Å². The zero-order valence-corrected chi connectivity index (χ0v) is 11.0. The Kier molecular flexibility index (Phi) is 3.57. The molecule has 0 aliphatic carbocycles. The lowest BCUT2D eigenvalue weighted by Crippen LogP contribution is -2.41. The number of benzene rings is 1. The Morgan fingerprint density at radius 3 is 3.00 bits per heavy atom. The van der Waals surface area contributed by atoms with Crippen LogP contribution < -0.4 is 9.47 Å². The maximum Gasteiger partial charge on any atom is 0.162 e. The lowest BCUT2D eigenvalue weighted by Gasteiger charge is -2.34. The topological polar surface area (TPSA) is 59.3 Å². The Balaban J connectivity index is 2.13. The van der Waals surface area contributed by atoms with Crippen molar-refractivity contribution in [2.24, 2.45) is 0 Å². The van der Waals surface area contributed by atoms with Gasteiger partial charge in [-0.3, -0.25) is 4.79 Å². The van der Waals surface area contributed by atoms with Crippen LogP contribution in [0.5, 0.6) is 11.5 Å². The van der Waals surface area contributed by atoms with E-state index in [4.69, 9.17) is 14.7 Å². The molecular formula is C15H15NO3. The number of nitrogens with zero attached hydrogens (tertiary/aromatic N) is 1. The third-order valence-electron chi connectivity index (χ3n) is 2.86. The standard InChI is InChI=1S/C15H15NO3/c1-11(17)4-3-7-15(2)10-18-14-8-12(9-16)5-6-13(14)19-15/h3-6,8H,7,10H2,1-2H3/b4-3+. The van der Waals surface area contributed by atoms with Crippen molar-refractivity contribution in [3.05, 3.63) is 35.9 Å². The number of nitriles is 1. The van der Waals surface area contributed by atoms with E-state index in [2.05, 4.69) is 6.07 Å². The third kappa shape index (κ3) is 3.14. The molecule has 0 fully saturated rings. The van der Waals surface area contributed by atoms with Crippen LogP contribution >= 0.6 is 0 Å². The summed E-state index contributed by atoms with van der Waals surface area (Å²) in [6, 6.07) is 7.16. The van der Waals surface area contributed by atoms with E-state index in [1.807, 2.05) is 6.92 Å². The van der Waals surface area contributed by atoms with Crippen LogP contribution in [0.15, 0.2) is 30.4 Å². The molecule has 98 valence electrons. The normalized spacial score (nSPS) is 21.1. The second-order valence-corrected chi connectivity index (χ2v) is 4.83. The summed E-state index contributed by atoms with van der Waals surface area (Å²) in [5.41, 5.74) is 0.0510. The van der Waals surface area contributed by atoms with E-state index in [-0.39, 0.29) is 5.78 Å². The van der Waals surface area contributed by atoms with Crippen molar-refractivity contribution < 1.29 is 14.3 Å². The van der Waals surface area contributed by atoms with Gasteiger partial charge in [0, 0.05) is 12.5 Å². The van der Waals surface area contributed by atoms with Gasteiger partial charge >= 0.3 is 0 Å². The molecule has 1 atom stereocenters. The van der Waals surface area contributed by atoms with Crippen LogP contribution in [-0.2, 0) is 4.79 Å². The molecule has 4 nitrogen and oxygen atoms in total. The zero-order valence-electron chi connectivity index (χ0n) is 11.0. The average Bonchev–Trinajstić information content (AvgIpc) is 2.37. The molecule has 1 aromatic rings. The highest BCUT2D eigenvalue weighted by atomic mass is 16.6. The minimum atomic E-state index is -0.493. The average molecular weight is 257 g/mol. The molecule has 0 aromatic heterocycles. The molecule has 1 aliphatic rings. The van der Waals surface area contributed by atoms with Crippen molar-refractivity contribution in [1.29, 1.82) is 5.26 Å². The Bertz CT molecular complexity index is 571. The molecule has 0 N–H and O–H groups in total. The number of rotatable bonds is 3. The number of carbonyl (C=O) groups is 1. The van der Waals surface area contributed by atoms with Gasteiger partial charge in [0.15, 0.2) is 17.3 Å². The SMILES string of the molecule is CC(=O)/C=C/CC1(C)COc2cc(C#N)ccc2O1. The summed E-state index contributed by atoms with van der Waals surface area (Å²) in [4.78, 5) is 10.9. The number of ketones is 1. The maximum absolute atomic E-state index is 10.9. The van der Waals surface area contributed by atoms with Crippen molar-refractivity contribution >= 4 is 5.78 Å². The van der Waals surface area contributed by atoms with Gasteiger partial charge in [0.1, 0.15) is 12.2 Å². The highest BCUT2D eigenvalue weighted by Crippen LogP contribution is 2.37. The number of hydrogen-bond donors (Lipinski definition) is 0. The number of hydrogen-bond acceptors (Lipinski definition) is 4. The van der Waals surface area contributed by atoms with Crippen LogP contribution in [0.4, 0.5) is 0 Å². The molecule has 1 aliphatic heterocycles. The summed E-state index contributed by atoms with van der Waals surface area (Å²) in [6.45, 7) is 3.82. The summed E-state index contributed by atoms with van der Waals surface area (Å²) in [6.07, 6.45) is 3.91. The van der Waals surface area contributed by atoms with E-state index in [9.17, 15) is 4.79 Å². The van der Waals surface area contributed by atoms with Crippen molar-refractivity contribution in [1.82, 2.24) is 0 Å². The van der Waals surface area contributed by atoms with E-state index in [1.165, 1.54) is 13.0 Å². The fourth-order valence-electron chi connectivity index (χ4n) is 1.87. The van der Waals surface area contributed by atoms with Crippen molar-refractivity contribution in [3.8, 4) is 17.6 Å². The molecule has 1 heterocycles. The molecule has 0 saturated carbocycles. The summed E-state index contributed by atoms with van der Waals surface area (Å²) < 4.78 is 11.5. The fourth-order valence-corrected chi connectivity index (χ4v) is 1.87. The Morgan fingerprint density at radius 1 is 1.53 bits per heavy atom. The highest BCUT2D eigenvalue weighted by Gasteiger charge is 2.32. The smallest absolute Gasteiger partial charge is 0.162 e. The minimum Gasteiger partial charge on any atom is -0.485 e. The van der Waals surface area contributed by atoms with E-state index < -0.39 is 5.60 Å². The van der Waals surface area contributed by atoms with Gasteiger partial charge in [0.2, 0.25) is 0 Å². The maximum atomic E-state index is 10.9. The minimum absolute atomic E-state index is 0.0133. The van der Waals surface area contributed by atoms with E-state index in [0.29, 0.717) is 30.1 Å². The van der Waals surface area contributed by atoms with Crippen LogP contribution in [0.3, 0.4) is 0 Å². The first kappa shape index (κ1) is 13.2. The van der Waals surface area contributed by atoms with Crippen molar-refractivity contribution in [2.75, 3.05) is 6.61 Å². The molecule has 1 unspecified atom stereocenters. The molecule has 0 bridgehead atoms. The lowest BCUT2D eigenvalue weighted by atomic mass is 10.0. The van der Waals surface area contributed by atoms with E-state index >= 15 is 0 Å². The number of ether oxygens (including phenoxy) is 2. The van der Waals surface area contributed by atoms with Crippen LogP contribution in [-0.4, -0.2) is 18.0 Å². The van der Waals surface area contributed by atoms with Crippen LogP contribution in [0, 0.1) is 11.3 Å². The van der Waals surface area contributed by atoms with Crippen LogP contribution in [0.1, 0.15) is 25.8 Å². The Labute approximate surface area is 112 Å². The van der Waals surface area contributed by atoms with Gasteiger partial charge in [-0.2, -0.15) is 5.26 Å². The van der Waals surface area contributed by atoms with Crippen LogP contribution in [0.25, 0.3) is 0 Å². The lowest BCUT2D eigenvalue weighted by molar-refractivity contribution is -0.112. The third-order valence-corrected chi connectivity index (χ3v) is 2.86. The zero-order chi connectivity index (χ0) is 13.9. The quantitative estimate of drug-likeness (QED) is 0.781. The monoisotopic (exact) mass is 257 g/mol. The second-order valence-electron chi connectivity index (χ2n) is 4.83. The Morgan fingerprint density at radius 2 is 2.32 bits per heavy atom. The largest absolute Gasteiger partial charge is 0.485 e. The summed E-state index contributed by atoms with van der Waals surface area (Å²) in [5.74, 6) is 1.23. The molecule has 0 saturated heterocycles. The number of carbonyl (C=O) groups excluding carboxylic acids is 1. The highest BCUT2D eigenvalue weighted by molar-refractivity contribution is 5.87. The first-order valence-corrected chi connectivity index (χ1v) is 6.05. The molecule has 0 amide bonds. The van der Waals surface area contributed by atoms with Gasteiger partial charge in [-0.1, -0.05) is 6.08 Å². The Hall–Kier alpha value is -2.28. The number of fused-ring (bicyclic) bond motifs is 1. The van der Waals surface area contributed by atoms with Gasteiger partial charge in [0.05, 0.1) is 11.6 Å². The molecule has 2 rings (SSSR count). The fraction of sp³-hybridized carbons (Fsp3) is 0.333. The molecule has 0 radical (unpaired) electrons. The van der Waals surface area contributed by atoms with Gasteiger partial charge in [-0.25, -0.2) is 0 Å². The summed E-state index contributed by atoms with van der Waals surface area (Å²) >= 11 is 0. The predicted molar refractivity (Wildman–Crippen MR) is 70.1 cm³/mol. The van der Waals surface area contributed by atoms with Crippen LogP contribution in [0.2, 0.25) is 0 Å². The van der Waals surface area contributed by atoms with Gasteiger partial charge in [0.25, 0.3) is 0 Å². The first-order chi connectivity index (χ1) is 9.02. The number of allylic oxidation sites excluding steroid dienone is 1. The first-order valence-electron chi connectivity index (χ1n) is 6.05. The molecule has 0 spiro atoms. The van der Waals surface area contributed by atoms with E-state index in [0.717, 1.165) is 0 Å². The van der Waals surface area contributed by atoms with Gasteiger partial charge < -0.3 is 9.47 Å². The molecule has 1 aromatic carbocycles. The molecule has 4 heteroatoms. The molecule has 19 heavy (non-hydrogen) atoms. The van der Waals surface area contributed by atoms with E-state index in [1.54, 1.807) is 24.3 Å². The van der Waals surface area contributed by atoms with Crippen molar-refractivity contribution in [3.63, 3.8) is 0 Å². The molecular weight excluding hydrogens is 242 g/mol. The summed E-state index contributed by atoms with van der Waals surface area (Å²) in [7, 11) is 0. The van der Waals surface area contributed by atoms with Gasteiger partial charge in [-0.15, -0.1) is 0 Å².